The molecular weight excluding hydrogens is 164 g/mol. The Balaban J connectivity index is 4.04. The van der Waals surface area contributed by atoms with Crippen molar-refractivity contribution in [3.8, 4) is 0 Å². The molecule has 0 aliphatic carbocycles. The van der Waals surface area contributed by atoms with E-state index in [1.54, 1.807) is 13.8 Å². The van der Waals surface area contributed by atoms with E-state index in [0.717, 1.165) is 0 Å². The highest BCUT2D eigenvalue weighted by molar-refractivity contribution is 5.66. The van der Waals surface area contributed by atoms with Crippen molar-refractivity contribution >= 4 is 12.1 Å². The van der Waals surface area contributed by atoms with E-state index in [2.05, 4.69) is 9.47 Å². The van der Waals surface area contributed by atoms with Gasteiger partial charge in [-0.3, -0.25) is 4.79 Å². The molecule has 0 aromatic carbocycles. The molecule has 0 aliphatic heterocycles. The fourth-order valence-corrected chi connectivity index (χ4v) is 0.559. The fourth-order valence-electron chi connectivity index (χ4n) is 0.559. The lowest BCUT2D eigenvalue weighted by Crippen LogP contribution is -2.27. The van der Waals surface area contributed by atoms with Crippen molar-refractivity contribution in [2.75, 3.05) is 0 Å². The number of hydrogen-bond acceptors (Lipinski definition) is 4. The van der Waals surface area contributed by atoms with Crippen LogP contribution in [0.1, 0.15) is 20.8 Å². The second-order valence-electron chi connectivity index (χ2n) is 2.61. The molecule has 0 aliphatic rings. The minimum Gasteiger partial charge on any atom is -0.450 e. The number of ether oxygens (including phenoxy) is 2. The number of hydrogen-bond donors (Lipinski definition) is 1. The van der Waals surface area contributed by atoms with Crippen molar-refractivity contribution in [2.24, 2.45) is 5.92 Å². The summed E-state index contributed by atoms with van der Waals surface area (Å²) in [6, 6.07) is 0. The number of rotatable bonds is 3. The van der Waals surface area contributed by atoms with Crippen molar-refractivity contribution in [2.45, 2.75) is 27.1 Å². The van der Waals surface area contributed by atoms with Crippen molar-refractivity contribution in [1.82, 2.24) is 0 Å². The molecule has 0 spiro atoms. The van der Waals surface area contributed by atoms with Crippen LogP contribution in [-0.2, 0) is 14.3 Å². The molecule has 70 valence electrons. The first-order valence-electron chi connectivity index (χ1n) is 3.50. The first-order chi connectivity index (χ1) is 5.43. The van der Waals surface area contributed by atoms with E-state index < -0.39 is 18.4 Å². The summed E-state index contributed by atoms with van der Waals surface area (Å²) in [6.07, 6.45) is -2.46. The van der Waals surface area contributed by atoms with Crippen LogP contribution in [0, 0.1) is 5.92 Å². The lowest BCUT2D eigenvalue weighted by Gasteiger charge is -2.18. The van der Waals surface area contributed by atoms with E-state index >= 15 is 0 Å². The van der Waals surface area contributed by atoms with E-state index in [-0.39, 0.29) is 5.92 Å². The molecule has 1 unspecified atom stereocenters. The van der Waals surface area contributed by atoms with E-state index in [4.69, 9.17) is 5.11 Å². The molecule has 0 bridgehead atoms. The van der Waals surface area contributed by atoms with Gasteiger partial charge in [-0.2, -0.15) is 0 Å². The Hall–Kier alpha value is -1.26. The number of carboxylic acid groups (broad SMARTS) is 1. The summed E-state index contributed by atoms with van der Waals surface area (Å²) in [4.78, 5) is 20.5. The van der Waals surface area contributed by atoms with Crippen LogP contribution in [0.5, 0.6) is 0 Å². The molecule has 0 saturated carbocycles. The molecule has 0 aromatic heterocycles. The monoisotopic (exact) mass is 176 g/mol. The third kappa shape index (κ3) is 4.54. The minimum absolute atomic E-state index is 0.190. The summed E-state index contributed by atoms with van der Waals surface area (Å²) in [5.41, 5.74) is 0. The molecule has 0 aromatic rings. The topological polar surface area (TPSA) is 72.8 Å². The van der Waals surface area contributed by atoms with E-state index in [1.165, 1.54) is 6.92 Å². The van der Waals surface area contributed by atoms with Crippen LogP contribution in [-0.4, -0.2) is 23.5 Å². The van der Waals surface area contributed by atoms with Gasteiger partial charge in [-0.15, -0.1) is 0 Å². The Morgan fingerprint density at radius 2 is 1.75 bits per heavy atom. The van der Waals surface area contributed by atoms with Gasteiger partial charge in [0.1, 0.15) is 0 Å². The molecule has 0 fully saturated rings. The largest absolute Gasteiger partial charge is 0.508 e. The zero-order valence-corrected chi connectivity index (χ0v) is 7.23. The first kappa shape index (κ1) is 10.7. The number of carbonyl (C=O) groups excluding carboxylic acids is 1. The Labute approximate surface area is 70.3 Å². The zero-order valence-electron chi connectivity index (χ0n) is 7.23. The second kappa shape index (κ2) is 4.58. The molecule has 1 atom stereocenters. The summed E-state index contributed by atoms with van der Waals surface area (Å²) in [5.74, 6) is -0.750. The predicted octanol–water partition coefficient (Wildman–Crippen LogP) is 1.23. The van der Waals surface area contributed by atoms with Crippen LogP contribution in [0.2, 0.25) is 0 Å². The highest BCUT2D eigenvalue weighted by Gasteiger charge is 2.20. The zero-order chi connectivity index (χ0) is 9.72. The molecule has 5 nitrogen and oxygen atoms in total. The molecule has 0 amide bonds. The molecule has 0 heterocycles. The average Bonchev–Trinajstić information content (AvgIpc) is 1.83. The van der Waals surface area contributed by atoms with Crippen LogP contribution >= 0.6 is 0 Å². The van der Waals surface area contributed by atoms with Gasteiger partial charge in [-0.25, -0.2) is 4.79 Å². The molecule has 0 rings (SSSR count). The van der Waals surface area contributed by atoms with Crippen LogP contribution in [0.3, 0.4) is 0 Å². The molecule has 0 radical (unpaired) electrons. The molecule has 0 saturated heterocycles. The minimum atomic E-state index is -1.45. The predicted molar refractivity (Wildman–Crippen MR) is 39.5 cm³/mol. The van der Waals surface area contributed by atoms with Gasteiger partial charge in [-0.1, -0.05) is 13.8 Å². The molecule has 5 heteroatoms. The van der Waals surface area contributed by atoms with Crippen LogP contribution in [0.15, 0.2) is 0 Å². The summed E-state index contributed by atoms with van der Waals surface area (Å²) in [5, 5.41) is 8.23. The van der Waals surface area contributed by atoms with Gasteiger partial charge >= 0.3 is 12.1 Å². The Morgan fingerprint density at radius 3 is 2.00 bits per heavy atom. The van der Waals surface area contributed by atoms with Gasteiger partial charge in [0.25, 0.3) is 6.29 Å². The van der Waals surface area contributed by atoms with E-state index in [0.29, 0.717) is 0 Å². The highest BCUT2D eigenvalue weighted by Crippen LogP contribution is 2.08. The lowest BCUT2D eigenvalue weighted by atomic mass is 10.2. The van der Waals surface area contributed by atoms with E-state index in [1.807, 2.05) is 0 Å². The Kier molecular flexibility index (Phi) is 4.10. The average molecular weight is 176 g/mol. The highest BCUT2D eigenvalue weighted by atomic mass is 16.8. The third-order valence-electron chi connectivity index (χ3n) is 1.04. The fraction of sp³-hybridized carbons (Fsp3) is 0.714. The van der Waals surface area contributed by atoms with E-state index in [9.17, 15) is 9.59 Å². The van der Waals surface area contributed by atoms with Gasteiger partial charge in [-0.05, 0) is 0 Å². The van der Waals surface area contributed by atoms with Gasteiger partial charge < -0.3 is 14.6 Å². The number of esters is 1. The summed E-state index contributed by atoms with van der Waals surface area (Å²) < 4.78 is 8.88. The Bertz CT molecular complexity index is 159. The standard InChI is InChI=1S/C7H12O5/c1-4(2)6(11-5(3)8)12-7(9)10/h4,6H,1-3H3,(H,9,10). The van der Waals surface area contributed by atoms with Gasteiger partial charge in [0.05, 0.1) is 0 Å². The third-order valence-corrected chi connectivity index (χ3v) is 1.04. The van der Waals surface area contributed by atoms with Gasteiger partial charge in [0.15, 0.2) is 0 Å². The van der Waals surface area contributed by atoms with Crippen LogP contribution in [0.25, 0.3) is 0 Å². The maximum absolute atomic E-state index is 10.4. The van der Waals surface area contributed by atoms with Gasteiger partial charge in [0, 0.05) is 12.8 Å². The SMILES string of the molecule is CC(=O)OC(OC(=O)O)C(C)C. The molecular formula is C7H12O5. The molecule has 12 heavy (non-hydrogen) atoms. The van der Waals surface area contributed by atoms with Crippen molar-refractivity contribution < 1.29 is 24.2 Å². The summed E-state index contributed by atoms with van der Waals surface area (Å²) >= 11 is 0. The number of carbonyl (C=O) groups is 2. The van der Waals surface area contributed by atoms with Crippen LogP contribution < -0.4 is 0 Å². The summed E-state index contributed by atoms with van der Waals surface area (Å²) in [6.45, 7) is 4.58. The van der Waals surface area contributed by atoms with Crippen molar-refractivity contribution in [3.63, 3.8) is 0 Å². The smallest absolute Gasteiger partial charge is 0.450 e. The molecule has 1 N–H and O–H groups in total. The Morgan fingerprint density at radius 1 is 1.25 bits per heavy atom. The van der Waals surface area contributed by atoms with Gasteiger partial charge in [0.2, 0.25) is 0 Å². The maximum atomic E-state index is 10.4. The quantitative estimate of drug-likeness (QED) is 0.517. The van der Waals surface area contributed by atoms with Crippen molar-refractivity contribution in [3.05, 3.63) is 0 Å². The lowest BCUT2D eigenvalue weighted by molar-refractivity contribution is -0.175. The normalized spacial score (nSPS) is 12.3. The first-order valence-corrected chi connectivity index (χ1v) is 3.50. The van der Waals surface area contributed by atoms with Crippen LogP contribution in [0.4, 0.5) is 4.79 Å². The van der Waals surface area contributed by atoms with Crippen molar-refractivity contribution in [1.29, 1.82) is 0 Å². The maximum Gasteiger partial charge on any atom is 0.508 e. The second-order valence-corrected chi connectivity index (χ2v) is 2.61. The summed E-state index contributed by atoms with van der Waals surface area (Å²) in [7, 11) is 0.